The van der Waals surface area contributed by atoms with Gasteiger partial charge >= 0.3 is 5.97 Å². The molecule has 0 unspecified atom stereocenters. The van der Waals surface area contributed by atoms with Crippen LogP contribution in [0.25, 0.3) is 16.8 Å². The van der Waals surface area contributed by atoms with Crippen LogP contribution in [0.3, 0.4) is 0 Å². The molecule has 218 valence electrons. The molecule has 0 N–H and O–H groups in total. The van der Waals surface area contributed by atoms with Gasteiger partial charge in [-0.05, 0) is 62.7 Å². The van der Waals surface area contributed by atoms with E-state index in [1.165, 1.54) is 11.3 Å². The molecule has 0 saturated heterocycles. The summed E-state index contributed by atoms with van der Waals surface area (Å²) in [6, 6.07) is 16.9. The summed E-state index contributed by atoms with van der Waals surface area (Å²) in [7, 11) is 3.22. The Hall–Kier alpha value is -4.37. The maximum atomic E-state index is 14.3. The van der Waals surface area contributed by atoms with Crippen LogP contribution in [0.5, 0.6) is 11.5 Å². The first kappa shape index (κ1) is 29.1. The quantitative estimate of drug-likeness (QED) is 0.262. The highest BCUT2D eigenvalue weighted by molar-refractivity contribution is 7.07. The Kier molecular flexibility index (Phi) is 8.49. The molecule has 0 spiro atoms. The van der Waals surface area contributed by atoms with Gasteiger partial charge in [0, 0.05) is 36.0 Å². The van der Waals surface area contributed by atoms with Crippen LogP contribution in [0.4, 0.5) is 5.69 Å². The van der Waals surface area contributed by atoms with Crippen molar-refractivity contribution in [1.29, 1.82) is 0 Å². The highest BCUT2D eigenvalue weighted by Crippen LogP contribution is 2.40. The van der Waals surface area contributed by atoms with Gasteiger partial charge in [0.15, 0.2) is 4.80 Å². The van der Waals surface area contributed by atoms with Gasteiger partial charge < -0.3 is 19.1 Å². The zero-order chi connectivity index (χ0) is 30.0. The Bertz CT molecular complexity index is 1870. The minimum atomic E-state index is -0.796. The summed E-state index contributed by atoms with van der Waals surface area (Å²) >= 11 is 1.28. The first-order valence-corrected chi connectivity index (χ1v) is 14.9. The molecule has 0 aliphatic carbocycles. The number of hydrogen-bond acceptors (Lipinski definition) is 8. The van der Waals surface area contributed by atoms with Gasteiger partial charge in [-0.1, -0.05) is 41.7 Å². The summed E-state index contributed by atoms with van der Waals surface area (Å²) in [4.78, 5) is 35.2. The fourth-order valence-corrected chi connectivity index (χ4v) is 6.58. The second-order valence-corrected chi connectivity index (χ2v) is 10.8. The van der Waals surface area contributed by atoms with Gasteiger partial charge in [-0.2, -0.15) is 0 Å². The summed E-state index contributed by atoms with van der Waals surface area (Å²) in [5.74, 6) is 0.723. The number of rotatable bonds is 9. The smallest absolute Gasteiger partial charge is 0.338 e. The third kappa shape index (κ3) is 5.09. The summed E-state index contributed by atoms with van der Waals surface area (Å²) < 4.78 is 19.1. The molecular weight excluding hydrogens is 550 g/mol. The van der Waals surface area contributed by atoms with E-state index in [2.05, 4.69) is 18.7 Å². The van der Waals surface area contributed by atoms with E-state index in [0.29, 0.717) is 37.7 Å². The fourth-order valence-electron chi connectivity index (χ4n) is 5.55. The van der Waals surface area contributed by atoms with Crippen molar-refractivity contribution in [2.45, 2.75) is 33.7 Å². The van der Waals surface area contributed by atoms with E-state index < -0.39 is 12.0 Å². The Labute approximate surface area is 248 Å². The van der Waals surface area contributed by atoms with E-state index in [9.17, 15) is 9.59 Å². The van der Waals surface area contributed by atoms with Gasteiger partial charge in [-0.25, -0.2) is 9.79 Å². The van der Waals surface area contributed by atoms with Crippen molar-refractivity contribution < 1.29 is 19.0 Å². The second kappa shape index (κ2) is 12.2. The Morgan fingerprint density at radius 2 is 1.76 bits per heavy atom. The number of hydrogen-bond donors (Lipinski definition) is 0. The van der Waals surface area contributed by atoms with Crippen LogP contribution < -0.4 is 29.3 Å². The lowest BCUT2D eigenvalue weighted by atomic mass is 9.90. The number of esters is 1. The van der Waals surface area contributed by atoms with Crippen molar-refractivity contribution in [3.8, 4) is 11.5 Å². The molecule has 42 heavy (non-hydrogen) atoms. The molecule has 0 amide bonds. The Morgan fingerprint density at radius 1 is 1.02 bits per heavy atom. The van der Waals surface area contributed by atoms with Gasteiger partial charge in [0.25, 0.3) is 5.56 Å². The number of anilines is 1. The molecule has 0 radical (unpaired) electrons. The van der Waals surface area contributed by atoms with Crippen LogP contribution in [0.2, 0.25) is 0 Å². The lowest BCUT2D eigenvalue weighted by Crippen LogP contribution is -2.40. The zero-order valence-electron chi connectivity index (χ0n) is 24.8. The van der Waals surface area contributed by atoms with Crippen molar-refractivity contribution >= 4 is 39.8 Å². The monoisotopic (exact) mass is 585 g/mol. The van der Waals surface area contributed by atoms with Crippen LogP contribution >= 0.6 is 11.3 Å². The Balaban J connectivity index is 1.78. The number of benzene rings is 3. The molecular formula is C33H35N3O5S. The molecule has 8 nitrogen and oxygen atoms in total. The van der Waals surface area contributed by atoms with E-state index in [-0.39, 0.29) is 12.2 Å². The summed E-state index contributed by atoms with van der Waals surface area (Å²) in [5.41, 5.74) is 3.09. The molecule has 1 atom stereocenters. The lowest BCUT2D eigenvalue weighted by Gasteiger charge is -2.27. The molecule has 3 aromatic carbocycles. The van der Waals surface area contributed by atoms with Crippen molar-refractivity contribution in [1.82, 2.24) is 4.57 Å². The topological polar surface area (TPSA) is 82.4 Å². The van der Waals surface area contributed by atoms with Crippen LogP contribution in [-0.4, -0.2) is 44.5 Å². The molecule has 5 rings (SSSR count). The molecule has 1 aliphatic heterocycles. The molecule has 0 fully saturated rings. The molecule has 9 heteroatoms. The molecule has 4 aromatic rings. The minimum Gasteiger partial charge on any atom is -0.496 e. The van der Waals surface area contributed by atoms with Gasteiger partial charge in [0.05, 0.1) is 36.6 Å². The largest absolute Gasteiger partial charge is 0.496 e. The number of allylic oxidation sites excluding steroid dienone is 1. The number of nitrogens with zero attached hydrogens (tertiary/aromatic N) is 3. The normalized spacial score (nSPS) is 14.9. The molecule has 0 bridgehead atoms. The standard InChI is InChI=1S/C33H35N3O5S/c1-7-35(8-2)23-16-14-22(26(19-23)40-6)18-27-31(37)36-30(28(32(38)41-9-3)20(4)34-33(36)42-27)29-24-13-11-10-12-21(24)15-17-25(29)39-5/h10-19,30H,7-9H2,1-6H3/b27-18-/t30-/m1/s1. The van der Waals surface area contributed by atoms with E-state index in [4.69, 9.17) is 19.2 Å². The van der Waals surface area contributed by atoms with E-state index in [0.717, 1.165) is 35.1 Å². The Morgan fingerprint density at radius 3 is 2.45 bits per heavy atom. The number of carbonyl (C=O) groups is 1. The van der Waals surface area contributed by atoms with E-state index in [1.54, 1.807) is 32.6 Å². The highest BCUT2D eigenvalue weighted by atomic mass is 32.1. The minimum absolute atomic E-state index is 0.197. The van der Waals surface area contributed by atoms with Gasteiger partial charge in [0.2, 0.25) is 0 Å². The molecule has 1 aromatic heterocycles. The van der Waals surface area contributed by atoms with Crippen LogP contribution in [-0.2, 0) is 9.53 Å². The fraction of sp³-hybridized carbons (Fsp3) is 0.303. The number of thiazole rings is 1. The summed E-state index contributed by atoms with van der Waals surface area (Å²) in [5, 5.41) is 1.84. The first-order valence-electron chi connectivity index (χ1n) is 14.0. The molecule has 2 heterocycles. The molecule has 0 saturated carbocycles. The maximum Gasteiger partial charge on any atom is 0.338 e. The number of ether oxygens (including phenoxy) is 3. The molecule has 1 aliphatic rings. The van der Waals surface area contributed by atoms with Gasteiger partial charge in [0.1, 0.15) is 17.5 Å². The van der Waals surface area contributed by atoms with Crippen molar-refractivity contribution in [3.05, 3.63) is 96.7 Å². The number of aromatic nitrogens is 1. The summed E-state index contributed by atoms with van der Waals surface area (Å²) in [6.07, 6.45) is 1.83. The van der Waals surface area contributed by atoms with Crippen LogP contribution in [0.15, 0.2) is 75.7 Å². The third-order valence-corrected chi connectivity index (χ3v) is 8.56. The van der Waals surface area contributed by atoms with Crippen molar-refractivity contribution in [2.24, 2.45) is 4.99 Å². The number of fused-ring (bicyclic) bond motifs is 2. The maximum absolute atomic E-state index is 14.3. The van der Waals surface area contributed by atoms with Crippen LogP contribution in [0, 0.1) is 0 Å². The lowest BCUT2D eigenvalue weighted by molar-refractivity contribution is -0.139. The summed E-state index contributed by atoms with van der Waals surface area (Å²) in [6.45, 7) is 9.70. The second-order valence-electron chi connectivity index (χ2n) is 9.80. The van der Waals surface area contributed by atoms with Gasteiger partial charge in [-0.3, -0.25) is 9.36 Å². The average molecular weight is 586 g/mol. The third-order valence-electron chi connectivity index (χ3n) is 7.57. The van der Waals surface area contributed by atoms with Crippen LogP contribution in [0.1, 0.15) is 44.9 Å². The SMILES string of the molecule is CCOC(=O)C1=C(C)N=c2s/c(=C\c3ccc(N(CC)CC)cc3OC)c(=O)n2[C@H]1c1c(OC)ccc2ccccc12. The van der Waals surface area contributed by atoms with Crippen molar-refractivity contribution in [2.75, 3.05) is 38.8 Å². The average Bonchev–Trinajstić information content (AvgIpc) is 3.30. The number of methoxy groups -OCH3 is 2. The highest BCUT2D eigenvalue weighted by Gasteiger charge is 2.36. The van der Waals surface area contributed by atoms with E-state index in [1.807, 2.05) is 60.7 Å². The van der Waals surface area contributed by atoms with Gasteiger partial charge in [-0.15, -0.1) is 0 Å². The number of carbonyl (C=O) groups excluding carboxylic acids is 1. The predicted molar refractivity (Wildman–Crippen MR) is 167 cm³/mol. The van der Waals surface area contributed by atoms with E-state index >= 15 is 0 Å². The van der Waals surface area contributed by atoms with Crippen molar-refractivity contribution in [3.63, 3.8) is 0 Å². The first-order chi connectivity index (χ1) is 20.4. The predicted octanol–water partition coefficient (Wildman–Crippen LogP) is 4.81. The zero-order valence-corrected chi connectivity index (χ0v) is 25.6.